The van der Waals surface area contributed by atoms with Crippen molar-refractivity contribution in [1.82, 2.24) is 0 Å². The second-order valence-corrected chi connectivity index (χ2v) is 8.22. The monoisotopic (exact) mass is 430 g/mol. The van der Waals surface area contributed by atoms with Crippen LogP contribution in [0.3, 0.4) is 0 Å². The van der Waals surface area contributed by atoms with Gasteiger partial charge in [0, 0.05) is 0 Å². The number of benzene rings is 3. The van der Waals surface area contributed by atoms with Crippen LogP contribution in [-0.4, -0.2) is 0 Å². The van der Waals surface area contributed by atoms with E-state index < -0.39 is 34.6 Å². The van der Waals surface area contributed by atoms with E-state index in [-0.39, 0.29) is 11.5 Å². The van der Waals surface area contributed by atoms with Crippen LogP contribution < -0.4 is 0 Å². The molecule has 1 atom stereocenters. The molecular weight excluding hydrogens is 407 g/mol. The summed E-state index contributed by atoms with van der Waals surface area (Å²) in [4.78, 5) is 0. The molecule has 0 saturated carbocycles. The molecule has 3 aromatic carbocycles. The molecule has 0 spiro atoms. The van der Waals surface area contributed by atoms with Gasteiger partial charge in [0.15, 0.2) is 17.5 Å². The van der Waals surface area contributed by atoms with Crippen LogP contribution in [0.4, 0.5) is 22.0 Å². The van der Waals surface area contributed by atoms with Gasteiger partial charge in [-0.05, 0) is 84.0 Å². The van der Waals surface area contributed by atoms with Crippen molar-refractivity contribution in [3.63, 3.8) is 0 Å². The summed E-state index contributed by atoms with van der Waals surface area (Å²) in [7, 11) is 0. The van der Waals surface area contributed by atoms with Crippen molar-refractivity contribution < 1.29 is 22.0 Å². The van der Waals surface area contributed by atoms with Gasteiger partial charge in [0.2, 0.25) is 0 Å². The van der Waals surface area contributed by atoms with E-state index in [1.165, 1.54) is 11.6 Å². The van der Waals surface area contributed by atoms with Gasteiger partial charge in [-0.1, -0.05) is 37.6 Å². The average molecular weight is 430 g/mol. The third kappa shape index (κ3) is 4.23. The van der Waals surface area contributed by atoms with Crippen LogP contribution in [0.1, 0.15) is 54.4 Å². The van der Waals surface area contributed by atoms with E-state index in [2.05, 4.69) is 31.2 Å². The van der Waals surface area contributed by atoms with Crippen molar-refractivity contribution in [1.29, 1.82) is 0 Å². The molecule has 31 heavy (non-hydrogen) atoms. The van der Waals surface area contributed by atoms with Gasteiger partial charge in [-0.2, -0.15) is 0 Å². The van der Waals surface area contributed by atoms with Gasteiger partial charge in [0.25, 0.3) is 0 Å². The Hall–Kier alpha value is -2.69. The Labute approximate surface area is 178 Å². The highest BCUT2D eigenvalue weighted by Gasteiger charge is 2.27. The van der Waals surface area contributed by atoms with Crippen molar-refractivity contribution in [2.75, 3.05) is 0 Å². The highest BCUT2D eigenvalue weighted by molar-refractivity contribution is 5.67. The molecule has 0 N–H and O–H groups in total. The average Bonchev–Trinajstić information content (AvgIpc) is 2.76. The SMILES string of the molecule is CCCCc1ccc(C2CCc3c(cc(F)c(-c4cc(F)c(F)c(F)c4)c3F)C2)cc1. The number of hydrogen-bond donors (Lipinski definition) is 0. The molecule has 162 valence electrons. The third-order valence-corrected chi connectivity index (χ3v) is 6.16. The second kappa shape index (κ2) is 8.81. The number of hydrogen-bond acceptors (Lipinski definition) is 0. The van der Waals surface area contributed by atoms with Gasteiger partial charge in [-0.15, -0.1) is 0 Å². The second-order valence-electron chi connectivity index (χ2n) is 8.22. The Morgan fingerprint density at radius 1 is 0.839 bits per heavy atom. The minimum Gasteiger partial charge on any atom is -0.206 e. The van der Waals surface area contributed by atoms with Crippen LogP contribution in [0.2, 0.25) is 0 Å². The first-order chi connectivity index (χ1) is 14.9. The van der Waals surface area contributed by atoms with Crippen LogP contribution in [0, 0.1) is 29.1 Å². The Bertz CT molecular complexity index is 1080. The zero-order valence-electron chi connectivity index (χ0n) is 17.3. The molecule has 0 fully saturated rings. The minimum absolute atomic E-state index is 0.151. The van der Waals surface area contributed by atoms with E-state index in [1.807, 2.05) is 0 Å². The van der Waals surface area contributed by atoms with E-state index in [0.29, 0.717) is 42.5 Å². The maximum absolute atomic E-state index is 15.2. The molecule has 0 amide bonds. The van der Waals surface area contributed by atoms with Crippen molar-refractivity contribution in [2.45, 2.75) is 51.4 Å². The van der Waals surface area contributed by atoms with E-state index in [0.717, 1.165) is 24.8 Å². The quantitative estimate of drug-likeness (QED) is 0.288. The number of rotatable bonds is 5. The van der Waals surface area contributed by atoms with Crippen molar-refractivity contribution in [2.24, 2.45) is 0 Å². The van der Waals surface area contributed by atoms with Gasteiger partial charge in [0.05, 0.1) is 5.56 Å². The molecule has 1 unspecified atom stereocenters. The number of halogens is 5. The van der Waals surface area contributed by atoms with Gasteiger partial charge in [-0.3, -0.25) is 0 Å². The standard InChI is InChI=1S/C26H23F5/c1-2-3-4-15-5-7-16(8-6-15)17-9-10-20-18(11-17)12-21(27)24(25(20)30)19-13-22(28)26(31)23(29)14-19/h5-8,12-14,17H,2-4,9-11H2,1H3. The smallest absolute Gasteiger partial charge is 0.194 e. The van der Waals surface area contributed by atoms with E-state index in [1.54, 1.807) is 0 Å². The maximum Gasteiger partial charge on any atom is 0.194 e. The first-order valence-electron chi connectivity index (χ1n) is 10.6. The number of aryl methyl sites for hydroxylation is 1. The largest absolute Gasteiger partial charge is 0.206 e. The topological polar surface area (TPSA) is 0 Å². The molecule has 0 aliphatic heterocycles. The summed E-state index contributed by atoms with van der Waals surface area (Å²) < 4.78 is 70.5. The minimum atomic E-state index is -1.66. The third-order valence-electron chi connectivity index (χ3n) is 6.16. The van der Waals surface area contributed by atoms with E-state index in [9.17, 15) is 17.6 Å². The summed E-state index contributed by atoms with van der Waals surface area (Å²) in [6.07, 6.45) is 4.88. The van der Waals surface area contributed by atoms with Crippen LogP contribution in [-0.2, 0) is 19.3 Å². The molecule has 0 bridgehead atoms. The molecule has 3 aromatic rings. The zero-order chi connectivity index (χ0) is 22.1. The molecule has 5 heteroatoms. The molecule has 0 aromatic heterocycles. The fourth-order valence-corrected chi connectivity index (χ4v) is 4.43. The lowest BCUT2D eigenvalue weighted by Crippen LogP contribution is -2.16. The summed E-state index contributed by atoms with van der Waals surface area (Å²) in [5.74, 6) is -6.20. The molecule has 0 saturated heterocycles. The molecule has 1 aliphatic carbocycles. The van der Waals surface area contributed by atoms with E-state index >= 15 is 4.39 Å². The summed E-state index contributed by atoms with van der Waals surface area (Å²) in [5.41, 5.74) is 2.47. The lowest BCUT2D eigenvalue weighted by atomic mass is 9.78. The predicted octanol–water partition coefficient (Wildman–Crippen LogP) is 7.66. The summed E-state index contributed by atoms with van der Waals surface area (Å²) in [6.45, 7) is 2.15. The molecular formula is C26H23F5. The molecule has 4 rings (SSSR count). The van der Waals surface area contributed by atoms with Crippen LogP contribution in [0.5, 0.6) is 0 Å². The fourth-order valence-electron chi connectivity index (χ4n) is 4.43. The number of fused-ring (bicyclic) bond motifs is 1. The first-order valence-corrected chi connectivity index (χ1v) is 10.6. The van der Waals surface area contributed by atoms with Crippen molar-refractivity contribution in [3.05, 3.63) is 93.8 Å². The molecule has 0 heterocycles. The highest BCUT2D eigenvalue weighted by atomic mass is 19.2. The maximum atomic E-state index is 15.2. The summed E-state index contributed by atoms with van der Waals surface area (Å²) in [5, 5.41) is 0. The Morgan fingerprint density at radius 2 is 1.52 bits per heavy atom. The van der Waals surface area contributed by atoms with Crippen LogP contribution in [0.25, 0.3) is 11.1 Å². The number of unbranched alkanes of at least 4 members (excludes halogenated alkanes) is 1. The van der Waals surface area contributed by atoms with Gasteiger partial charge >= 0.3 is 0 Å². The lowest BCUT2D eigenvalue weighted by molar-refractivity contribution is 0.447. The molecule has 1 aliphatic rings. The fraction of sp³-hybridized carbons (Fsp3) is 0.308. The van der Waals surface area contributed by atoms with Crippen molar-refractivity contribution >= 4 is 0 Å². The Balaban J connectivity index is 1.63. The Kier molecular flexibility index (Phi) is 6.12. The van der Waals surface area contributed by atoms with Gasteiger partial charge < -0.3 is 0 Å². The zero-order valence-corrected chi connectivity index (χ0v) is 17.3. The normalized spacial score (nSPS) is 15.7. The van der Waals surface area contributed by atoms with E-state index in [4.69, 9.17) is 0 Å². The molecule has 0 nitrogen and oxygen atoms in total. The molecule has 0 radical (unpaired) electrons. The Morgan fingerprint density at radius 3 is 2.16 bits per heavy atom. The van der Waals surface area contributed by atoms with Crippen LogP contribution in [0.15, 0.2) is 42.5 Å². The first kappa shape index (κ1) is 21.5. The highest BCUT2D eigenvalue weighted by Crippen LogP contribution is 2.39. The van der Waals surface area contributed by atoms with Crippen molar-refractivity contribution in [3.8, 4) is 11.1 Å². The summed E-state index contributed by atoms with van der Waals surface area (Å²) >= 11 is 0. The lowest BCUT2D eigenvalue weighted by Gasteiger charge is -2.26. The summed E-state index contributed by atoms with van der Waals surface area (Å²) in [6, 6.07) is 10.9. The predicted molar refractivity (Wildman–Crippen MR) is 111 cm³/mol. The van der Waals surface area contributed by atoms with Crippen LogP contribution >= 0.6 is 0 Å². The van der Waals surface area contributed by atoms with Gasteiger partial charge in [0.1, 0.15) is 11.6 Å². The van der Waals surface area contributed by atoms with Gasteiger partial charge in [-0.25, -0.2) is 22.0 Å².